The van der Waals surface area contributed by atoms with E-state index in [9.17, 15) is 9.59 Å². The van der Waals surface area contributed by atoms with Gasteiger partial charge in [0.15, 0.2) is 5.65 Å². The van der Waals surface area contributed by atoms with Crippen LogP contribution in [0.1, 0.15) is 75.5 Å². The second-order valence-electron chi connectivity index (χ2n) is 7.99. The van der Waals surface area contributed by atoms with Gasteiger partial charge in [-0.05, 0) is 45.6 Å². The first-order chi connectivity index (χ1) is 13.3. The molecule has 0 spiro atoms. The van der Waals surface area contributed by atoms with Gasteiger partial charge in [0, 0.05) is 24.8 Å². The number of likely N-dealkylation sites (tertiary alicyclic amines) is 1. The van der Waals surface area contributed by atoms with Crippen LogP contribution in [0.2, 0.25) is 0 Å². The number of esters is 1. The zero-order chi connectivity index (χ0) is 20.4. The summed E-state index contributed by atoms with van der Waals surface area (Å²) in [6, 6.07) is 2.06. The summed E-state index contributed by atoms with van der Waals surface area (Å²) in [4.78, 5) is 31.9. The molecule has 1 aliphatic heterocycles. The largest absolute Gasteiger partial charge is 0.466 e. The Labute approximate surface area is 166 Å². The van der Waals surface area contributed by atoms with Crippen molar-refractivity contribution in [2.75, 3.05) is 19.7 Å². The predicted molar refractivity (Wildman–Crippen MR) is 107 cm³/mol. The van der Waals surface area contributed by atoms with Crippen molar-refractivity contribution in [3.05, 3.63) is 23.5 Å². The van der Waals surface area contributed by atoms with Crippen LogP contribution in [0.5, 0.6) is 0 Å². The Bertz CT molecular complexity index is 864. The normalized spacial score (nSPS) is 15.6. The highest BCUT2D eigenvalue weighted by Gasteiger charge is 2.30. The molecule has 0 N–H and O–H groups in total. The highest BCUT2D eigenvalue weighted by atomic mass is 16.5. The van der Waals surface area contributed by atoms with Gasteiger partial charge in [-0.1, -0.05) is 13.8 Å². The molecule has 0 radical (unpaired) electrons. The van der Waals surface area contributed by atoms with Crippen LogP contribution >= 0.6 is 0 Å². The van der Waals surface area contributed by atoms with Crippen molar-refractivity contribution < 1.29 is 14.3 Å². The number of ether oxygens (including phenoxy) is 1. The van der Waals surface area contributed by atoms with E-state index in [1.807, 2.05) is 22.6 Å². The number of fused-ring (bicyclic) bond motifs is 1. The number of rotatable bonds is 5. The Balaban J connectivity index is 1.88. The van der Waals surface area contributed by atoms with Gasteiger partial charge < -0.3 is 9.64 Å². The van der Waals surface area contributed by atoms with Gasteiger partial charge in [0.25, 0.3) is 5.91 Å². The van der Waals surface area contributed by atoms with E-state index in [-0.39, 0.29) is 29.8 Å². The molecule has 0 aliphatic carbocycles. The predicted octanol–water partition coefficient (Wildman–Crippen LogP) is 3.55. The Morgan fingerprint density at radius 3 is 2.46 bits per heavy atom. The SMILES string of the molecule is CCOC(=O)C1CCN(C(=O)c2cc(C(C)C)nc3c2cnn3C(C)C)CC1. The lowest BCUT2D eigenvalue weighted by Crippen LogP contribution is -2.40. The summed E-state index contributed by atoms with van der Waals surface area (Å²) in [7, 11) is 0. The summed E-state index contributed by atoms with van der Waals surface area (Å²) in [6.45, 7) is 11.6. The topological polar surface area (TPSA) is 77.3 Å². The van der Waals surface area contributed by atoms with E-state index in [1.54, 1.807) is 6.20 Å². The molecule has 7 heteroatoms. The van der Waals surface area contributed by atoms with Gasteiger partial charge in [0.1, 0.15) is 0 Å². The van der Waals surface area contributed by atoms with E-state index in [1.165, 1.54) is 0 Å². The summed E-state index contributed by atoms with van der Waals surface area (Å²) < 4.78 is 6.99. The summed E-state index contributed by atoms with van der Waals surface area (Å²) in [5.41, 5.74) is 2.29. The summed E-state index contributed by atoms with van der Waals surface area (Å²) in [5, 5.41) is 5.25. The Kier molecular flexibility index (Phi) is 6.01. The lowest BCUT2D eigenvalue weighted by Gasteiger charge is -2.31. The second kappa shape index (κ2) is 8.29. The first-order valence-electron chi connectivity index (χ1n) is 10.2. The minimum atomic E-state index is -0.152. The maximum absolute atomic E-state index is 13.3. The maximum atomic E-state index is 13.3. The number of pyridine rings is 1. The second-order valence-corrected chi connectivity index (χ2v) is 7.99. The molecule has 0 bridgehead atoms. The molecular weight excluding hydrogens is 356 g/mol. The number of amides is 1. The molecule has 0 aromatic carbocycles. The summed E-state index contributed by atoms with van der Waals surface area (Å²) in [6.07, 6.45) is 3.02. The molecule has 1 fully saturated rings. The summed E-state index contributed by atoms with van der Waals surface area (Å²) >= 11 is 0. The fourth-order valence-electron chi connectivity index (χ4n) is 3.64. The summed E-state index contributed by atoms with van der Waals surface area (Å²) in [5.74, 6) is -0.0708. The number of nitrogens with zero attached hydrogens (tertiary/aromatic N) is 4. The third-order valence-electron chi connectivity index (χ3n) is 5.30. The zero-order valence-corrected chi connectivity index (χ0v) is 17.4. The van der Waals surface area contributed by atoms with Crippen molar-refractivity contribution in [3.8, 4) is 0 Å². The van der Waals surface area contributed by atoms with Crippen LogP contribution in [-0.2, 0) is 9.53 Å². The molecule has 0 saturated carbocycles. The Hall–Kier alpha value is -2.44. The number of piperidine rings is 1. The van der Waals surface area contributed by atoms with E-state index < -0.39 is 0 Å². The fraction of sp³-hybridized carbons (Fsp3) is 0.619. The molecular formula is C21H30N4O3. The molecule has 1 aliphatic rings. The van der Waals surface area contributed by atoms with E-state index in [0.717, 1.165) is 16.7 Å². The number of hydrogen-bond donors (Lipinski definition) is 0. The van der Waals surface area contributed by atoms with E-state index >= 15 is 0 Å². The smallest absolute Gasteiger partial charge is 0.309 e. The van der Waals surface area contributed by atoms with Gasteiger partial charge in [-0.2, -0.15) is 5.10 Å². The van der Waals surface area contributed by atoms with Crippen molar-refractivity contribution in [2.45, 2.75) is 59.4 Å². The standard InChI is InChI=1S/C21H30N4O3/c1-6-28-21(27)15-7-9-24(10-8-15)20(26)16-11-18(13(2)3)23-19-17(16)12-22-25(19)14(4)5/h11-15H,6-10H2,1-5H3. The van der Waals surface area contributed by atoms with Crippen molar-refractivity contribution in [2.24, 2.45) is 5.92 Å². The minimum absolute atomic E-state index is 0.0140. The van der Waals surface area contributed by atoms with Crippen LogP contribution in [0.15, 0.2) is 12.3 Å². The molecule has 28 heavy (non-hydrogen) atoms. The number of carbonyl (C=O) groups is 2. The Morgan fingerprint density at radius 1 is 1.21 bits per heavy atom. The molecule has 1 saturated heterocycles. The highest BCUT2D eigenvalue weighted by molar-refractivity contribution is 6.05. The molecule has 2 aromatic rings. The van der Waals surface area contributed by atoms with Gasteiger partial charge >= 0.3 is 5.97 Å². The Morgan fingerprint density at radius 2 is 1.89 bits per heavy atom. The highest BCUT2D eigenvalue weighted by Crippen LogP contribution is 2.27. The maximum Gasteiger partial charge on any atom is 0.309 e. The van der Waals surface area contributed by atoms with Crippen molar-refractivity contribution in [3.63, 3.8) is 0 Å². The van der Waals surface area contributed by atoms with Crippen LogP contribution in [0.4, 0.5) is 0 Å². The molecule has 3 heterocycles. The van der Waals surface area contributed by atoms with Gasteiger partial charge in [-0.3, -0.25) is 9.59 Å². The van der Waals surface area contributed by atoms with Crippen molar-refractivity contribution in [1.82, 2.24) is 19.7 Å². The average Bonchev–Trinajstić information content (AvgIpc) is 3.11. The fourth-order valence-corrected chi connectivity index (χ4v) is 3.64. The monoisotopic (exact) mass is 386 g/mol. The first kappa shape index (κ1) is 20.3. The first-order valence-corrected chi connectivity index (χ1v) is 10.2. The van der Waals surface area contributed by atoms with Crippen LogP contribution in [-0.4, -0.2) is 51.2 Å². The molecule has 3 rings (SSSR count). The quantitative estimate of drug-likeness (QED) is 0.735. The molecule has 152 valence electrons. The van der Waals surface area contributed by atoms with Crippen LogP contribution in [0.25, 0.3) is 11.0 Å². The minimum Gasteiger partial charge on any atom is -0.466 e. The molecule has 1 amide bonds. The van der Waals surface area contributed by atoms with Crippen LogP contribution < -0.4 is 0 Å². The van der Waals surface area contributed by atoms with Gasteiger partial charge in [-0.25, -0.2) is 9.67 Å². The molecule has 7 nitrogen and oxygen atoms in total. The number of aromatic nitrogens is 3. The lowest BCUT2D eigenvalue weighted by molar-refractivity contribution is -0.149. The van der Waals surface area contributed by atoms with Crippen LogP contribution in [0.3, 0.4) is 0 Å². The van der Waals surface area contributed by atoms with Gasteiger partial charge in [0.2, 0.25) is 0 Å². The third kappa shape index (κ3) is 3.88. The van der Waals surface area contributed by atoms with Crippen LogP contribution in [0, 0.1) is 5.92 Å². The number of hydrogen-bond acceptors (Lipinski definition) is 5. The van der Waals surface area contributed by atoms with E-state index in [4.69, 9.17) is 9.72 Å². The van der Waals surface area contributed by atoms with E-state index in [0.29, 0.717) is 38.1 Å². The average molecular weight is 386 g/mol. The van der Waals surface area contributed by atoms with Gasteiger partial charge in [-0.15, -0.1) is 0 Å². The molecule has 0 atom stereocenters. The third-order valence-corrected chi connectivity index (χ3v) is 5.30. The van der Waals surface area contributed by atoms with Gasteiger partial charge in [0.05, 0.1) is 29.7 Å². The van der Waals surface area contributed by atoms with Crippen molar-refractivity contribution in [1.29, 1.82) is 0 Å². The van der Waals surface area contributed by atoms with Crippen molar-refractivity contribution >= 4 is 22.9 Å². The lowest BCUT2D eigenvalue weighted by atomic mass is 9.96. The zero-order valence-electron chi connectivity index (χ0n) is 17.4. The molecule has 2 aromatic heterocycles. The number of carbonyl (C=O) groups excluding carboxylic acids is 2. The van der Waals surface area contributed by atoms with E-state index in [2.05, 4.69) is 32.8 Å². The molecule has 0 unspecified atom stereocenters.